The first kappa shape index (κ1) is 6.78. The van der Waals surface area contributed by atoms with Crippen molar-refractivity contribution in [3.8, 4) is 0 Å². The zero-order valence-electron chi connectivity index (χ0n) is 4.67. The molecule has 0 unspecified atom stereocenters. The van der Waals surface area contributed by atoms with Crippen LogP contribution in [0.25, 0.3) is 0 Å². The first-order valence-corrected chi connectivity index (χ1v) is 4.87. The lowest BCUT2D eigenvalue weighted by Gasteiger charge is -2.17. The third-order valence-corrected chi connectivity index (χ3v) is 3.95. The molecule has 1 saturated heterocycles. The third kappa shape index (κ3) is 1.88. The Hall–Kier alpha value is 0.660. The molecule has 0 aromatic rings. The fourth-order valence-electron chi connectivity index (χ4n) is 0.642. The number of aliphatic hydroxyl groups is 1. The Morgan fingerprint density at radius 1 is 1.38 bits per heavy atom. The molecule has 0 aromatic heterocycles. The van der Waals surface area contributed by atoms with E-state index in [0.29, 0.717) is 11.2 Å². The van der Waals surface area contributed by atoms with Gasteiger partial charge < -0.3 is 5.11 Å². The van der Waals surface area contributed by atoms with Gasteiger partial charge in [0.2, 0.25) is 0 Å². The highest BCUT2D eigenvalue weighted by atomic mass is 32.2. The van der Waals surface area contributed by atoms with Crippen LogP contribution in [-0.4, -0.2) is 27.8 Å². The topological polar surface area (TPSA) is 20.2 Å². The van der Waals surface area contributed by atoms with Gasteiger partial charge in [-0.15, -0.1) is 23.5 Å². The standard InChI is InChI=1S/C5H10OS2/c6-4-5-7-2-1-3-8-5/h5-6H,1-4H2. The first-order chi connectivity index (χ1) is 3.93. The smallest absolute Gasteiger partial charge is 0.0733 e. The van der Waals surface area contributed by atoms with E-state index in [1.165, 1.54) is 17.9 Å². The summed E-state index contributed by atoms with van der Waals surface area (Å²) in [4.78, 5) is 0. The molecule has 1 heterocycles. The van der Waals surface area contributed by atoms with Gasteiger partial charge in [0.15, 0.2) is 0 Å². The molecule has 1 N–H and O–H groups in total. The molecule has 1 aliphatic heterocycles. The molecule has 0 aliphatic carbocycles. The van der Waals surface area contributed by atoms with Gasteiger partial charge in [0.25, 0.3) is 0 Å². The van der Waals surface area contributed by atoms with Gasteiger partial charge in [-0.05, 0) is 17.9 Å². The molecule has 3 heteroatoms. The van der Waals surface area contributed by atoms with E-state index in [2.05, 4.69) is 0 Å². The predicted octanol–water partition coefficient (Wildman–Crippen LogP) is 1.17. The lowest BCUT2D eigenvalue weighted by atomic mass is 10.6. The lowest BCUT2D eigenvalue weighted by Crippen LogP contribution is -2.10. The average Bonchev–Trinajstić information content (AvgIpc) is 1.90. The van der Waals surface area contributed by atoms with Crippen LogP contribution in [0, 0.1) is 0 Å². The second-order valence-corrected chi connectivity index (χ2v) is 4.63. The summed E-state index contributed by atoms with van der Waals surface area (Å²) in [5, 5.41) is 8.65. The maximum atomic E-state index is 8.65. The molecule has 1 fully saturated rings. The van der Waals surface area contributed by atoms with E-state index in [-0.39, 0.29) is 0 Å². The lowest BCUT2D eigenvalue weighted by molar-refractivity contribution is 0.315. The number of hydrogen-bond acceptors (Lipinski definition) is 3. The summed E-state index contributed by atoms with van der Waals surface area (Å²) in [7, 11) is 0. The Balaban J connectivity index is 2.13. The summed E-state index contributed by atoms with van der Waals surface area (Å²) in [6.07, 6.45) is 1.31. The van der Waals surface area contributed by atoms with Crippen molar-refractivity contribution >= 4 is 23.5 Å². The Bertz CT molecular complexity index is 61.4. The zero-order chi connectivity index (χ0) is 5.82. The van der Waals surface area contributed by atoms with Crippen LogP contribution in [0.5, 0.6) is 0 Å². The van der Waals surface area contributed by atoms with E-state index >= 15 is 0 Å². The fourth-order valence-corrected chi connectivity index (χ4v) is 3.15. The summed E-state index contributed by atoms with van der Waals surface area (Å²) in [5.41, 5.74) is 0. The van der Waals surface area contributed by atoms with Crippen molar-refractivity contribution < 1.29 is 5.11 Å². The molecule has 0 radical (unpaired) electrons. The first-order valence-electron chi connectivity index (χ1n) is 2.77. The van der Waals surface area contributed by atoms with E-state index in [1.807, 2.05) is 23.5 Å². The highest BCUT2D eigenvalue weighted by Crippen LogP contribution is 2.29. The van der Waals surface area contributed by atoms with Gasteiger partial charge in [0, 0.05) is 0 Å². The third-order valence-electron chi connectivity index (χ3n) is 1.05. The minimum Gasteiger partial charge on any atom is -0.394 e. The van der Waals surface area contributed by atoms with Crippen molar-refractivity contribution in [1.82, 2.24) is 0 Å². The molecule has 1 aliphatic rings. The minimum absolute atomic E-state index is 0.343. The SMILES string of the molecule is OCC1SCCCS1. The Morgan fingerprint density at radius 2 is 2.00 bits per heavy atom. The molecule has 0 bridgehead atoms. The second-order valence-electron chi connectivity index (χ2n) is 1.71. The molecular weight excluding hydrogens is 140 g/mol. The van der Waals surface area contributed by atoms with Gasteiger partial charge >= 0.3 is 0 Å². The van der Waals surface area contributed by atoms with Crippen LogP contribution >= 0.6 is 23.5 Å². The number of rotatable bonds is 1. The predicted molar refractivity (Wildman–Crippen MR) is 40.4 cm³/mol. The largest absolute Gasteiger partial charge is 0.394 e. The monoisotopic (exact) mass is 150 g/mol. The average molecular weight is 150 g/mol. The Kier molecular flexibility index (Phi) is 3.08. The van der Waals surface area contributed by atoms with E-state index in [9.17, 15) is 0 Å². The summed E-state index contributed by atoms with van der Waals surface area (Å²) in [6.45, 7) is 0.343. The summed E-state index contributed by atoms with van der Waals surface area (Å²) < 4.78 is 0.476. The van der Waals surface area contributed by atoms with Crippen LogP contribution < -0.4 is 0 Å². The van der Waals surface area contributed by atoms with E-state index < -0.39 is 0 Å². The van der Waals surface area contributed by atoms with E-state index in [4.69, 9.17) is 5.11 Å². The quantitative estimate of drug-likeness (QED) is 0.606. The van der Waals surface area contributed by atoms with Crippen LogP contribution in [0.1, 0.15) is 6.42 Å². The number of hydrogen-bond donors (Lipinski definition) is 1. The van der Waals surface area contributed by atoms with Crippen molar-refractivity contribution in [3.05, 3.63) is 0 Å². The number of aliphatic hydroxyl groups excluding tert-OH is 1. The van der Waals surface area contributed by atoms with Gasteiger partial charge in [-0.2, -0.15) is 0 Å². The Morgan fingerprint density at radius 3 is 2.38 bits per heavy atom. The highest BCUT2D eigenvalue weighted by Gasteiger charge is 2.11. The molecule has 0 aromatic carbocycles. The van der Waals surface area contributed by atoms with Crippen LogP contribution in [0.4, 0.5) is 0 Å². The second kappa shape index (κ2) is 3.64. The minimum atomic E-state index is 0.343. The van der Waals surface area contributed by atoms with Crippen molar-refractivity contribution in [3.63, 3.8) is 0 Å². The number of thioether (sulfide) groups is 2. The fraction of sp³-hybridized carbons (Fsp3) is 1.00. The van der Waals surface area contributed by atoms with Crippen LogP contribution in [-0.2, 0) is 0 Å². The van der Waals surface area contributed by atoms with Gasteiger partial charge in [-0.1, -0.05) is 0 Å². The highest BCUT2D eigenvalue weighted by molar-refractivity contribution is 8.17. The molecular formula is C5H10OS2. The molecule has 1 rings (SSSR count). The van der Waals surface area contributed by atoms with Gasteiger partial charge in [-0.3, -0.25) is 0 Å². The van der Waals surface area contributed by atoms with E-state index in [0.717, 1.165) is 0 Å². The maximum Gasteiger partial charge on any atom is 0.0733 e. The molecule has 1 nitrogen and oxygen atoms in total. The maximum absolute atomic E-state index is 8.65. The van der Waals surface area contributed by atoms with Gasteiger partial charge in [0.05, 0.1) is 11.2 Å². The van der Waals surface area contributed by atoms with Crippen LogP contribution in [0.15, 0.2) is 0 Å². The van der Waals surface area contributed by atoms with E-state index in [1.54, 1.807) is 0 Å². The normalized spacial score (nSPS) is 23.6. The summed E-state index contributed by atoms with van der Waals surface area (Å²) in [6, 6.07) is 0. The van der Waals surface area contributed by atoms with Crippen molar-refractivity contribution in [2.24, 2.45) is 0 Å². The van der Waals surface area contributed by atoms with Crippen molar-refractivity contribution in [2.75, 3.05) is 18.1 Å². The molecule has 0 saturated carbocycles. The molecule has 48 valence electrons. The van der Waals surface area contributed by atoms with Gasteiger partial charge in [0.1, 0.15) is 0 Å². The van der Waals surface area contributed by atoms with Crippen LogP contribution in [0.2, 0.25) is 0 Å². The summed E-state index contributed by atoms with van der Waals surface area (Å²) in [5.74, 6) is 2.47. The molecule has 0 spiro atoms. The van der Waals surface area contributed by atoms with Gasteiger partial charge in [-0.25, -0.2) is 0 Å². The van der Waals surface area contributed by atoms with Crippen molar-refractivity contribution in [2.45, 2.75) is 11.0 Å². The van der Waals surface area contributed by atoms with Crippen molar-refractivity contribution in [1.29, 1.82) is 0 Å². The Labute approximate surface area is 58.2 Å². The zero-order valence-corrected chi connectivity index (χ0v) is 6.30. The van der Waals surface area contributed by atoms with Crippen LogP contribution in [0.3, 0.4) is 0 Å². The molecule has 8 heavy (non-hydrogen) atoms. The molecule has 0 atom stereocenters. The summed E-state index contributed by atoms with van der Waals surface area (Å²) >= 11 is 3.75. The molecule has 0 amide bonds.